The zero-order valence-corrected chi connectivity index (χ0v) is 21.4. The zero-order valence-electron chi connectivity index (χ0n) is 19.2. The van der Waals surface area contributed by atoms with E-state index in [1.807, 2.05) is 18.2 Å². The van der Waals surface area contributed by atoms with Gasteiger partial charge in [0.15, 0.2) is 0 Å². The van der Waals surface area contributed by atoms with Gasteiger partial charge in [-0.15, -0.1) is 0 Å². The zero-order chi connectivity index (χ0) is 22.6. The number of carbonyl (C=O) groups excluding carboxylic acids is 2. The molecule has 0 N–H and O–H groups in total. The second-order valence-electron chi connectivity index (χ2n) is 8.37. The number of hydrogen-bond acceptors (Lipinski definition) is 4. The van der Waals surface area contributed by atoms with E-state index in [-0.39, 0.29) is 0 Å². The van der Waals surface area contributed by atoms with Crippen LogP contribution in [-0.2, 0) is 15.7 Å². The van der Waals surface area contributed by atoms with E-state index in [4.69, 9.17) is 6.13 Å². The SMILES string of the molecule is CC(=O)OI(OC(C)=O)c1ccccc1-c1c(C(C)C)cc(C(C)C)cc1C(C)C. The Morgan fingerprint density at radius 3 is 1.63 bits per heavy atom. The van der Waals surface area contributed by atoms with Crippen molar-refractivity contribution in [3.63, 3.8) is 0 Å². The fourth-order valence-corrected chi connectivity index (χ4v) is 6.48. The Morgan fingerprint density at radius 2 is 1.23 bits per heavy atom. The molecule has 0 spiro atoms. The summed E-state index contributed by atoms with van der Waals surface area (Å²) in [6, 6.07) is 12.5. The summed E-state index contributed by atoms with van der Waals surface area (Å²) in [5, 5.41) is 0. The molecule has 2 aromatic carbocycles. The van der Waals surface area contributed by atoms with Crippen molar-refractivity contribution in [3.8, 4) is 11.1 Å². The van der Waals surface area contributed by atoms with Crippen LogP contribution < -0.4 is 0 Å². The number of carbonyl (C=O) groups is 2. The van der Waals surface area contributed by atoms with Crippen molar-refractivity contribution in [2.24, 2.45) is 0 Å². The maximum absolute atomic E-state index is 11.8. The van der Waals surface area contributed by atoms with E-state index in [1.165, 1.54) is 36.1 Å². The average molecular weight is 524 g/mol. The Hall–Kier alpha value is -1.89. The van der Waals surface area contributed by atoms with Crippen molar-refractivity contribution in [3.05, 3.63) is 56.7 Å². The Bertz CT molecular complexity index is 870. The molecule has 0 aliphatic heterocycles. The number of benzene rings is 2. The predicted octanol–water partition coefficient (Wildman–Crippen LogP) is 7.36. The minimum absolute atomic E-state index is 0.314. The van der Waals surface area contributed by atoms with Crippen molar-refractivity contribution in [2.75, 3.05) is 0 Å². The van der Waals surface area contributed by atoms with Gasteiger partial charge in [0.25, 0.3) is 0 Å². The van der Waals surface area contributed by atoms with E-state index in [0.717, 1.165) is 9.13 Å². The van der Waals surface area contributed by atoms with E-state index < -0.39 is 32.6 Å². The van der Waals surface area contributed by atoms with Gasteiger partial charge in [0.1, 0.15) is 0 Å². The van der Waals surface area contributed by atoms with Gasteiger partial charge in [-0.05, 0) is 0 Å². The van der Waals surface area contributed by atoms with Gasteiger partial charge < -0.3 is 0 Å². The summed E-state index contributed by atoms with van der Waals surface area (Å²) in [6.07, 6.45) is 0. The first-order chi connectivity index (χ1) is 14.0. The van der Waals surface area contributed by atoms with Crippen LogP contribution in [0.4, 0.5) is 0 Å². The van der Waals surface area contributed by atoms with E-state index in [1.54, 1.807) is 0 Å². The third-order valence-corrected chi connectivity index (χ3v) is 8.73. The molecule has 0 aliphatic rings. The van der Waals surface area contributed by atoms with Crippen LogP contribution in [0.15, 0.2) is 36.4 Å². The van der Waals surface area contributed by atoms with E-state index in [2.05, 4.69) is 59.7 Å². The number of rotatable bonds is 7. The van der Waals surface area contributed by atoms with Crippen LogP contribution in [-0.4, -0.2) is 11.9 Å². The van der Waals surface area contributed by atoms with E-state index in [0.29, 0.717) is 17.8 Å². The van der Waals surface area contributed by atoms with Crippen LogP contribution in [0.2, 0.25) is 0 Å². The van der Waals surface area contributed by atoms with Gasteiger partial charge in [0.05, 0.1) is 0 Å². The van der Waals surface area contributed by atoms with Crippen molar-refractivity contribution in [1.29, 1.82) is 0 Å². The van der Waals surface area contributed by atoms with Crippen molar-refractivity contribution < 1.29 is 15.7 Å². The molecule has 0 fully saturated rings. The normalized spacial score (nSPS) is 11.8. The molecule has 0 atom stereocenters. The third kappa shape index (κ3) is 5.84. The second-order valence-corrected chi connectivity index (χ2v) is 11.7. The molecule has 0 saturated carbocycles. The van der Waals surface area contributed by atoms with Crippen molar-refractivity contribution in [1.82, 2.24) is 0 Å². The first kappa shape index (κ1) is 24.4. The Labute approximate surface area is 188 Å². The molecule has 5 heteroatoms. The number of hydrogen-bond donors (Lipinski definition) is 0. The van der Waals surface area contributed by atoms with Gasteiger partial charge in [0, 0.05) is 0 Å². The molecule has 0 aromatic heterocycles. The van der Waals surface area contributed by atoms with Crippen LogP contribution in [0.25, 0.3) is 11.1 Å². The van der Waals surface area contributed by atoms with Crippen LogP contribution >= 0.6 is 20.6 Å². The summed E-state index contributed by atoms with van der Waals surface area (Å²) in [4.78, 5) is 23.5. The molecule has 2 rings (SSSR count). The first-order valence-corrected chi connectivity index (χ1v) is 13.2. The van der Waals surface area contributed by atoms with Crippen molar-refractivity contribution in [2.45, 2.75) is 73.1 Å². The van der Waals surface area contributed by atoms with Crippen LogP contribution in [0.3, 0.4) is 0 Å². The standard InChI is InChI=1S/C25H33IO4/c1-15(2)20-13-22(16(3)4)25(23(14-20)17(5)6)21-11-9-10-12-24(21)26(29-18(7)27)30-19(8)28/h9-17H,1-8H3. The van der Waals surface area contributed by atoms with Crippen LogP contribution in [0.5, 0.6) is 0 Å². The molecule has 0 radical (unpaired) electrons. The predicted molar refractivity (Wildman–Crippen MR) is 130 cm³/mol. The maximum atomic E-state index is 11.8. The quantitative estimate of drug-likeness (QED) is 0.355. The van der Waals surface area contributed by atoms with Gasteiger partial charge in [-0.1, -0.05) is 0 Å². The molecule has 0 bridgehead atoms. The number of halogens is 1. The molecule has 0 amide bonds. The van der Waals surface area contributed by atoms with E-state index >= 15 is 0 Å². The second kappa shape index (κ2) is 10.4. The average Bonchev–Trinajstić information content (AvgIpc) is 2.65. The molecule has 30 heavy (non-hydrogen) atoms. The topological polar surface area (TPSA) is 52.6 Å². The van der Waals surface area contributed by atoms with Gasteiger partial charge in [0.2, 0.25) is 0 Å². The van der Waals surface area contributed by atoms with E-state index in [9.17, 15) is 9.59 Å². The fourth-order valence-electron chi connectivity index (χ4n) is 3.36. The molecule has 2 aromatic rings. The summed E-state index contributed by atoms with van der Waals surface area (Å²) in [7, 11) is 0. The summed E-state index contributed by atoms with van der Waals surface area (Å²) < 4.78 is 11.9. The first-order valence-electron chi connectivity index (χ1n) is 10.4. The van der Waals surface area contributed by atoms with Gasteiger partial charge in [-0.2, -0.15) is 0 Å². The monoisotopic (exact) mass is 524 g/mol. The Balaban J connectivity index is 2.84. The molecule has 0 aliphatic carbocycles. The minimum atomic E-state index is -2.97. The van der Waals surface area contributed by atoms with Gasteiger partial charge in [-0.25, -0.2) is 0 Å². The Morgan fingerprint density at radius 1 is 0.767 bits per heavy atom. The molecule has 0 unspecified atom stereocenters. The van der Waals surface area contributed by atoms with Gasteiger partial charge in [-0.3, -0.25) is 0 Å². The summed E-state index contributed by atoms with van der Waals surface area (Å²) in [5.41, 5.74) is 6.01. The third-order valence-electron chi connectivity index (χ3n) is 4.80. The molecule has 0 heterocycles. The summed E-state index contributed by atoms with van der Waals surface area (Å²) in [5.74, 6) is 0.191. The van der Waals surface area contributed by atoms with Gasteiger partial charge >= 0.3 is 189 Å². The van der Waals surface area contributed by atoms with Crippen LogP contribution in [0, 0.1) is 3.57 Å². The summed E-state index contributed by atoms with van der Waals surface area (Å²) in [6.45, 7) is 15.9. The Kier molecular flexibility index (Phi) is 8.47. The van der Waals surface area contributed by atoms with Crippen molar-refractivity contribution >= 4 is 32.6 Å². The van der Waals surface area contributed by atoms with Crippen LogP contribution in [0.1, 0.15) is 89.8 Å². The fraction of sp³-hybridized carbons (Fsp3) is 0.440. The molecular formula is C25H33IO4. The molecule has 0 saturated heterocycles. The molecule has 164 valence electrons. The molecule has 4 nitrogen and oxygen atoms in total. The molecular weight excluding hydrogens is 491 g/mol. The summed E-state index contributed by atoms with van der Waals surface area (Å²) >= 11 is -2.97.